The van der Waals surface area contributed by atoms with Crippen LogP contribution >= 0.6 is 0 Å². The van der Waals surface area contributed by atoms with Crippen molar-refractivity contribution in [3.63, 3.8) is 0 Å². The Balaban J connectivity index is 4.00. The van der Waals surface area contributed by atoms with Crippen LogP contribution in [0.25, 0.3) is 0 Å². The van der Waals surface area contributed by atoms with E-state index in [4.69, 9.17) is 10.5 Å². The molecule has 0 heterocycles. The summed E-state index contributed by atoms with van der Waals surface area (Å²) in [7, 11) is 0. The average Bonchev–Trinajstić information content (AvgIpc) is 2.02. The van der Waals surface area contributed by atoms with Gasteiger partial charge in [0.15, 0.2) is 0 Å². The minimum atomic E-state index is -0.499. The van der Waals surface area contributed by atoms with Gasteiger partial charge < -0.3 is 10.5 Å². The highest BCUT2D eigenvalue weighted by molar-refractivity contribution is 5.75. The van der Waals surface area contributed by atoms with Crippen molar-refractivity contribution in [2.45, 2.75) is 46.8 Å². The van der Waals surface area contributed by atoms with Gasteiger partial charge in [0.05, 0.1) is 0 Å². The fourth-order valence-electron chi connectivity index (χ4n) is 0.670. The molecule has 0 radical (unpaired) electrons. The molecule has 0 aliphatic rings. The van der Waals surface area contributed by atoms with E-state index in [9.17, 15) is 4.79 Å². The molecular weight excluding hydrogens is 166 g/mol. The lowest BCUT2D eigenvalue weighted by Crippen LogP contribution is -2.39. The topological polar surface area (TPSA) is 52.3 Å². The van der Waals surface area contributed by atoms with Crippen LogP contribution in [0.5, 0.6) is 0 Å². The first-order chi connectivity index (χ1) is 5.86. The zero-order chi connectivity index (χ0) is 10.6. The molecule has 1 unspecified atom stereocenters. The molecule has 0 aliphatic carbocycles. The third-order valence-corrected chi connectivity index (χ3v) is 2.23. The van der Waals surface area contributed by atoms with Gasteiger partial charge in [0.1, 0.15) is 12.1 Å². The molecule has 0 aromatic rings. The Morgan fingerprint density at radius 3 is 1.85 bits per heavy atom. The zero-order valence-electron chi connectivity index (χ0n) is 9.20. The number of hydrogen-bond donors (Lipinski definition) is 1. The highest BCUT2D eigenvalue weighted by Gasteiger charge is 2.21. The van der Waals surface area contributed by atoms with Crippen molar-refractivity contribution in [3.05, 3.63) is 0 Å². The van der Waals surface area contributed by atoms with E-state index >= 15 is 0 Å². The largest absolute Gasteiger partial charge is 0.461 e. The van der Waals surface area contributed by atoms with Gasteiger partial charge in [-0.1, -0.05) is 27.7 Å². The van der Waals surface area contributed by atoms with Crippen LogP contribution in [-0.4, -0.2) is 18.1 Å². The van der Waals surface area contributed by atoms with E-state index in [1.54, 1.807) is 0 Å². The Labute approximate surface area is 80.6 Å². The van der Waals surface area contributed by atoms with Crippen molar-refractivity contribution >= 4 is 5.97 Å². The quantitative estimate of drug-likeness (QED) is 0.679. The van der Waals surface area contributed by atoms with Crippen molar-refractivity contribution in [1.82, 2.24) is 0 Å². The lowest BCUT2D eigenvalue weighted by molar-refractivity contribution is -0.152. The zero-order valence-corrected chi connectivity index (χ0v) is 9.20. The first kappa shape index (κ1) is 12.4. The van der Waals surface area contributed by atoms with Crippen molar-refractivity contribution in [2.24, 2.45) is 17.6 Å². The van der Waals surface area contributed by atoms with Crippen LogP contribution in [0.15, 0.2) is 0 Å². The highest BCUT2D eigenvalue weighted by atomic mass is 16.5. The minimum Gasteiger partial charge on any atom is -0.461 e. The van der Waals surface area contributed by atoms with Crippen molar-refractivity contribution in [2.75, 3.05) is 0 Å². The second kappa shape index (κ2) is 5.22. The first-order valence-electron chi connectivity index (χ1n) is 4.82. The molecule has 13 heavy (non-hydrogen) atoms. The average molecular weight is 187 g/mol. The van der Waals surface area contributed by atoms with E-state index in [0.29, 0.717) is 5.92 Å². The second-order valence-corrected chi connectivity index (χ2v) is 4.16. The second-order valence-electron chi connectivity index (χ2n) is 4.16. The summed E-state index contributed by atoms with van der Waals surface area (Å²) in [6.45, 7) is 9.73. The fraction of sp³-hybridized carbons (Fsp3) is 0.900. The number of esters is 1. The molecule has 0 bridgehead atoms. The Kier molecular flexibility index (Phi) is 4.99. The molecule has 3 nitrogen and oxygen atoms in total. The molecule has 0 fully saturated rings. The van der Waals surface area contributed by atoms with Crippen molar-refractivity contribution in [1.29, 1.82) is 0 Å². The Morgan fingerprint density at radius 1 is 1.08 bits per heavy atom. The van der Waals surface area contributed by atoms with E-state index < -0.39 is 6.04 Å². The summed E-state index contributed by atoms with van der Waals surface area (Å²) < 4.78 is 5.17. The van der Waals surface area contributed by atoms with E-state index in [1.807, 2.05) is 34.6 Å². The maximum absolute atomic E-state index is 11.4. The fourth-order valence-corrected chi connectivity index (χ4v) is 0.670. The van der Waals surface area contributed by atoms with E-state index in [1.165, 1.54) is 0 Å². The molecule has 0 saturated carbocycles. The summed E-state index contributed by atoms with van der Waals surface area (Å²) in [4.78, 5) is 11.4. The lowest BCUT2D eigenvalue weighted by Gasteiger charge is -2.20. The molecular formula is C10H21NO2. The van der Waals surface area contributed by atoms with Crippen LogP contribution in [0.3, 0.4) is 0 Å². The van der Waals surface area contributed by atoms with Gasteiger partial charge in [-0.15, -0.1) is 0 Å². The number of hydrogen-bond acceptors (Lipinski definition) is 3. The molecule has 0 rings (SSSR count). The smallest absolute Gasteiger partial charge is 0.323 e. The third-order valence-electron chi connectivity index (χ3n) is 2.23. The number of carbonyl (C=O) groups is 1. The summed E-state index contributed by atoms with van der Waals surface area (Å²) in [5.74, 6) is 0.173. The van der Waals surface area contributed by atoms with Crippen LogP contribution in [0.2, 0.25) is 0 Å². The van der Waals surface area contributed by atoms with Gasteiger partial charge in [-0.3, -0.25) is 4.79 Å². The van der Waals surface area contributed by atoms with E-state index in [-0.39, 0.29) is 18.0 Å². The molecule has 0 aliphatic heterocycles. The van der Waals surface area contributed by atoms with E-state index in [2.05, 4.69) is 0 Å². The van der Waals surface area contributed by atoms with Gasteiger partial charge >= 0.3 is 5.97 Å². The van der Waals surface area contributed by atoms with Crippen LogP contribution in [0, 0.1) is 11.8 Å². The molecule has 0 aromatic heterocycles. The minimum absolute atomic E-state index is 0.0581. The summed E-state index contributed by atoms with van der Waals surface area (Å²) in [6.07, 6.45) is -0.0581. The molecule has 0 saturated heterocycles. The lowest BCUT2D eigenvalue weighted by atomic mass is 10.1. The number of nitrogens with two attached hydrogens (primary N) is 1. The Bertz CT molecular complexity index is 166. The molecule has 0 aromatic carbocycles. The van der Waals surface area contributed by atoms with E-state index in [0.717, 1.165) is 0 Å². The van der Waals surface area contributed by atoms with Gasteiger partial charge in [-0.05, 0) is 18.8 Å². The number of ether oxygens (including phenoxy) is 1. The summed E-state index contributed by atoms with van der Waals surface area (Å²) in [6, 6.07) is -0.499. The highest BCUT2D eigenvalue weighted by Crippen LogP contribution is 2.08. The normalized spacial score (nSPS) is 16.0. The maximum Gasteiger partial charge on any atom is 0.323 e. The summed E-state index contributed by atoms with van der Waals surface area (Å²) in [5, 5.41) is 0. The van der Waals surface area contributed by atoms with Gasteiger partial charge in [-0.2, -0.15) is 0 Å². The number of carbonyl (C=O) groups excluding carboxylic acids is 1. The van der Waals surface area contributed by atoms with Crippen LogP contribution in [-0.2, 0) is 9.53 Å². The molecule has 2 N–H and O–H groups in total. The van der Waals surface area contributed by atoms with Crippen LogP contribution in [0.1, 0.15) is 34.6 Å². The summed E-state index contributed by atoms with van der Waals surface area (Å²) >= 11 is 0. The van der Waals surface area contributed by atoms with Gasteiger partial charge in [0.2, 0.25) is 0 Å². The van der Waals surface area contributed by atoms with Gasteiger partial charge in [0, 0.05) is 0 Å². The van der Waals surface area contributed by atoms with Gasteiger partial charge in [-0.25, -0.2) is 0 Å². The van der Waals surface area contributed by atoms with Crippen molar-refractivity contribution < 1.29 is 9.53 Å². The maximum atomic E-state index is 11.4. The SMILES string of the molecule is CC(C)C(C)OC(=O)[C@H](N)C(C)C. The third kappa shape index (κ3) is 4.27. The molecule has 0 amide bonds. The molecule has 78 valence electrons. The predicted molar refractivity (Wildman–Crippen MR) is 53.2 cm³/mol. The Morgan fingerprint density at radius 2 is 1.54 bits per heavy atom. The standard InChI is InChI=1S/C10H21NO2/c1-6(2)8(5)13-10(12)9(11)7(3)4/h6-9H,11H2,1-5H3/t8?,9-/m1/s1. The first-order valence-corrected chi connectivity index (χ1v) is 4.82. The van der Waals surface area contributed by atoms with Crippen LogP contribution in [0.4, 0.5) is 0 Å². The van der Waals surface area contributed by atoms with Crippen LogP contribution < -0.4 is 5.73 Å². The van der Waals surface area contributed by atoms with Crippen molar-refractivity contribution in [3.8, 4) is 0 Å². The number of rotatable bonds is 4. The monoisotopic (exact) mass is 187 g/mol. The molecule has 0 spiro atoms. The summed E-state index contributed by atoms with van der Waals surface area (Å²) in [5.41, 5.74) is 5.63. The molecule has 3 heteroatoms. The predicted octanol–water partition coefficient (Wildman–Crippen LogP) is 1.56. The van der Waals surface area contributed by atoms with Gasteiger partial charge in [0.25, 0.3) is 0 Å². The Hall–Kier alpha value is -0.570. The molecule has 2 atom stereocenters.